The van der Waals surface area contributed by atoms with Gasteiger partial charge in [0.25, 0.3) is 0 Å². The zero-order chi connectivity index (χ0) is 26.6. The molecule has 0 aliphatic rings. The smallest absolute Gasteiger partial charge is 0.385 e. The fourth-order valence-corrected chi connectivity index (χ4v) is 1.74. The maximum absolute atomic E-state index is 13.4. The SMILES string of the molecule is CC(=CC(F)(F)C(F)(F)C(F)(F)C(F)(F)C(F)(F)C(F)(F)C(F)(F)C(F)(F)CF)C(=O)O. The minimum absolute atomic E-state index is 0.0229. The minimum Gasteiger partial charge on any atom is -0.478 e. The van der Waals surface area contributed by atoms with Gasteiger partial charge in [-0.25, -0.2) is 9.18 Å². The third kappa shape index (κ3) is 3.84. The molecule has 0 heterocycles. The van der Waals surface area contributed by atoms with Gasteiger partial charge in [0.2, 0.25) is 0 Å². The van der Waals surface area contributed by atoms with Crippen LogP contribution in [0.5, 0.6) is 0 Å². The lowest BCUT2D eigenvalue weighted by molar-refractivity contribution is -0.451. The Morgan fingerprint density at radius 2 is 0.906 bits per heavy atom. The van der Waals surface area contributed by atoms with E-state index in [9.17, 15) is 79.4 Å². The second-order valence-corrected chi connectivity index (χ2v) is 6.04. The van der Waals surface area contributed by atoms with Crippen molar-refractivity contribution in [1.82, 2.24) is 0 Å². The van der Waals surface area contributed by atoms with E-state index in [-0.39, 0.29) is 6.92 Å². The van der Waals surface area contributed by atoms with E-state index in [1.807, 2.05) is 0 Å². The van der Waals surface area contributed by atoms with Gasteiger partial charge in [0.15, 0.2) is 6.67 Å². The number of carbonyl (C=O) groups is 1. The van der Waals surface area contributed by atoms with Crippen LogP contribution in [0.3, 0.4) is 0 Å². The van der Waals surface area contributed by atoms with Crippen molar-refractivity contribution in [3.8, 4) is 0 Å². The van der Waals surface area contributed by atoms with Crippen molar-refractivity contribution >= 4 is 5.97 Å². The topological polar surface area (TPSA) is 37.3 Å². The second-order valence-electron chi connectivity index (χ2n) is 6.04. The number of aliphatic carboxylic acids is 1. The van der Waals surface area contributed by atoms with Crippen LogP contribution in [0.2, 0.25) is 0 Å². The van der Waals surface area contributed by atoms with Crippen molar-refractivity contribution in [3.63, 3.8) is 0 Å². The molecule has 0 radical (unpaired) electrons. The van der Waals surface area contributed by atoms with Crippen LogP contribution in [0.4, 0.5) is 74.6 Å². The van der Waals surface area contributed by atoms with Gasteiger partial charge >= 0.3 is 53.3 Å². The van der Waals surface area contributed by atoms with Gasteiger partial charge < -0.3 is 5.11 Å². The van der Waals surface area contributed by atoms with E-state index in [1.165, 1.54) is 0 Å². The third-order valence-corrected chi connectivity index (χ3v) is 3.75. The largest absolute Gasteiger partial charge is 0.478 e. The third-order valence-electron chi connectivity index (χ3n) is 3.75. The molecule has 0 amide bonds. The normalized spacial score (nSPS) is 16.4. The average Bonchev–Trinajstić information content (AvgIpc) is 2.59. The number of carboxylic acids is 1. The van der Waals surface area contributed by atoms with Crippen molar-refractivity contribution in [1.29, 1.82) is 0 Å². The van der Waals surface area contributed by atoms with Gasteiger partial charge in [0, 0.05) is 11.6 Å². The first kappa shape index (κ1) is 30.0. The summed E-state index contributed by atoms with van der Waals surface area (Å²) in [6.07, 6.45) is -1.68. The summed E-state index contributed by atoms with van der Waals surface area (Å²) >= 11 is 0. The molecule has 0 rings (SSSR count). The van der Waals surface area contributed by atoms with Crippen LogP contribution in [-0.4, -0.2) is 65.1 Å². The zero-order valence-electron chi connectivity index (χ0n) is 14.6. The molecule has 0 bridgehead atoms. The van der Waals surface area contributed by atoms with E-state index in [0.29, 0.717) is 0 Å². The van der Waals surface area contributed by atoms with Crippen LogP contribution in [-0.2, 0) is 4.79 Å². The lowest BCUT2D eigenvalue weighted by Crippen LogP contribution is -2.74. The predicted molar refractivity (Wildman–Crippen MR) is 66.9 cm³/mol. The molecule has 2 nitrogen and oxygen atoms in total. The van der Waals surface area contributed by atoms with Crippen LogP contribution in [0.25, 0.3) is 0 Å². The van der Waals surface area contributed by atoms with E-state index < -0.39 is 71.7 Å². The molecule has 0 aromatic rings. The highest BCUT2D eigenvalue weighted by molar-refractivity contribution is 5.86. The van der Waals surface area contributed by atoms with Crippen LogP contribution in [0.1, 0.15) is 6.92 Å². The highest BCUT2D eigenvalue weighted by atomic mass is 19.4. The molecule has 0 aliphatic heterocycles. The standard InChI is InChI=1S/C13H7F17O2/c1-4(5(31)32)2-6(15,16)8(19,20)10(23,24)12(27,28)13(29,30)11(25,26)9(21,22)7(17,18)3-14/h2H,3H2,1H3,(H,31,32). The molecule has 19 heteroatoms. The summed E-state index contributed by atoms with van der Waals surface area (Å²) in [6, 6.07) is 0. The Kier molecular flexibility index (Phi) is 7.32. The Labute approximate surface area is 164 Å². The molecule has 0 saturated carbocycles. The molecule has 0 aromatic heterocycles. The molecule has 1 N–H and O–H groups in total. The van der Waals surface area contributed by atoms with Crippen LogP contribution in [0, 0.1) is 0 Å². The number of hydrogen-bond acceptors (Lipinski definition) is 1. The molecule has 0 saturated heterocycles. The Morgan fingerprint density at radius 1 is 0.625 bits per heavy atom. The van der Waals surface area contributed by atoms with E-state index in [2.05, 4.69) is 0 Å². The van der Waals surface area contributed by atoms with Crippen molar-refractivity contribution < 1.29 is 84.5 Å². The number of hydrogen-bond donors (Lipinski definition) is 1. The number of allylic oxidation sites excluding steroid dienone is 1. The maximum atomic E-state index is 13.4. The first-order valence-corrected chi connectivity index (χ1v) is 7.15. The molecular weight excluding hydrogens is 511 g/mol. The number of alkyl halides is 17. The molecule has 0 spiro atoms. The van der Waals surface area contributed by atoms with Crippen LogP contribution >= 0.6 is 0 Å². The lowest BCUT2D eigenvalue weighted by Gasteiger charge is -2.43. The van der Waals surface area contributed by atoms with E-state index in [1.54, 1.807) is 0 Å². The Bertz CT molecular complexity index is 752. The molecule has 32 heavy (non-hydrogen) atoms. The fourth-order valence-electron chi connectivity index (χ4n) is 1.74. The summed E-state index contributed by atoms with van der Waals surface area (Å²) in [5.74, 6) is -66.3. The molecule has 0 aromatic carbocycles. The number of rotatable bonds is 10. The summed E-state index contributed by atoms with van der Waals surface area (Å²) in [5.41, 5.74) is -1.99. The van der Waals surface area contributed by atoms with Crippen LogP contribution in [0.15, 0.2) is 11.6 Å². The Morgan fingerprint density at radius 3 is 1.19 bits per heavy atom. The molecular formula is C13H7F17O2. The van der Waals surface area contributed by atoms with Gasteiger partial charge in [0.1, 0.15) is 0 Å². The van der Waals surface area contributed by atoms with Gasteiger partial charge in [-0.1, -0.05) is 0 Å². The van der Waals surface area contributed by atoms with Crippen molar-refractivity contribution in [2.24, 2.45) is 0 Å². The Hall–Kier alpha value is -1.98. The monoisotopic (exact) mass is 518 g/mol. The van der Waals surface area contributed by atoms with Gasteiger partial charge in [-0.3, -0.25) is 0 Å². The first-order valence-electron chi connectivity index (χ1n) is 7.15. The molecule has 0 fully saturated rings. The van der Waals surface area contributed by atoms with Gasteiger partial charge in [-0.05, 0) is 6.92 Å². The fraction of sp³-hybridized carbons (Fsp3) is 0.769. The average molecular weight is 518 g/mol. The molecule has 0 unspecified atom stereocenters. The summed E-state index contributed by atoms with van der Waals surface area (Å²) in [5, 5.41) is 8.21. The van der Waals surface area contributed by atoms with Crippen molar-refractivity contribution in [2.75, 3.05) is 6.67 Å². The lowest BCUT2D eigenvalue weighted by atomic mass is 9.87. The summed E-state index contributed by atoms with van der Waals surface area (Å²) in [6.45, 7) is -3.98. The summed E-state index contributed by atoms with van der Waals surface area (Å²) in [4.78, 5) is 10.3. The predicted octanol–water partition coefficient (Wildman–Crippen LogP) is 6.07. The highest BCUT2D eigenvalue weighted by Crippen LogP contribution is 2.63. The van der Waals surface area contributed by atoms with Gasteiger partial charge in [-0.15, -0.1) is 0 Å². The zero-order valence-corrected chi connectivity index (χ0v) is 14.6. The Balaban J connectivity index is 6.87. The minimum atomic E-state index is -8.64. The van der Waals surface area contributed by atoms with Gasteiger partial charge in [-0.2, -0.15) is 70.2 Å². The van der Waals surface area contributed by atoms with E-state index in [4.69, 9.17) is 5.11 Å². The van der Waals surface area contributed by atoms with E-state index in [0.717, 1.165) is 0 Å². The van der Waals surface area contributed by atoms with E-state index >= 15 is 0 Å². The molecule has 0 atom stereocenters. The van der Waals surface area contributed by atoms with Crippen molar-refractivity contribution in [3.05, 3.63) is 11.6 Å². The second kappa shape index (κ2) is 7.81. The maximum Gasteiger partial charge on any atom is 0.385 e. The summed E-state index contributed by atoms with van der Waals surface area (Å²) in [7, 11) is 0. The molecule has 190 valence electrons. The number of halogens is 17. The van der Waals surface area contributed by atoms with Gasteiger partial charge in [0.05, 0.1) is 0 Å². The van der Waals surface area contributed by atoms with Crippen molar-refractivity contribution in [2.45, 2.75) is 54.3 Å². The quantitative estimate of drug-likeness (QED) is 0.282. The van der Waals surface area contributed by atoms with Crippen LogP contribution < -0.4 is 0 Å². The first-order chi connectivity index (χ1) is 13.6. The summed E-state index contributed by atoms with van der Waals surface area (Å²) < 4.78 is 223. The highest BCUT2D eigenvalue weighted by Gasteiger charge is 2.94. The number of carboxylic acid groups (broad SMARTS) is 1. The molecule has 0 aliphatic carbocycles.